The van der Waals surface area contributed by atoms with Crippen LogP contribution in [0.15, 0.2) is 88.5 Å². The van der Waals surface area contributed by atoms with Crippen LogP contribution in [-0.4, -0.2) is 29.6 Å². The van der Waals surface area contributed by atoms with Gasteiger partial charge in [0, 0.05) is 28.1 Å². The molecule has 6 nitrogen and oxygen atoms in total. The van der Waals surface area contributed by atoms with Gasteiger partial charge in [0.2, 0.25) is 0 Å². The van der Waals surface area contributed by atoms with Crippen LogP contribution >= 0.6 is 11.6 Å². The number of nitrogens with one attached hydrogen (secondary N) is 2. The van der Waals surface area contributed by atoms with Gasteiger partial charge in [-0.25, -0.2) is 5.01 Å². The van der Waals surface area contributed by atoms with Crippen molar-refractivity contribution in [2.45, 2.75) is 34.1 Å². The maximum Gasteiger partial charge on any atom is 0.178 e. The second-order valence-corrected chi connectivity index (χ2v) is 8.18. The van der Waals surface area contributed by atoms with E-state index in [0.717, 1.165) is 17.7 Å². The zero-order valence-electron chi connectivity index (χ0n) is 19.6. The van der Waals surface area contributed by atoms with Gasteiger partial charge in [0.15, 0.2) is 5.78 Å². The lowest BCUT2D eigenvalue weighted by molar-refractivity contribution is -0.115. The molecule has 172 valence electrons. The van der Waals surface area contributed by atoms with E-state index in [1.807, 2.05) is 44.2 Å². The van der Waals surface area contributed by atoms with Gasteiger partial charge in [0.1, 0.15) is 12.4 Å². The van der Waals surface area contributed by atoms with Crippen molar-refractivity contribution in [1.82, 2.24) is 10.3 Å². The van der Waals surface area contributed by atoms with Crippen molar-refractivity contribution in [3.8, 4) is 6.07 Å². The number of carbonyl (C=O) groups is 1. The highest BCUT2D eigenvalue weighted by molar-refractivity contribution is 6.30. The van der Waals surface area contributed by atoms with Crippen LogP contribution in [0.5, 0.6) is 0 Å². The lowest BCUT2D eigenvalue weighted by Crippen LogP contribution is -2.29. The average Bonchev–Trinajstić information content (AvgIpc) is 2.91. The molecule has 0 bridgehead atoms. The number of benzene rings is 1. The predicted molar refractivity (Wildman–Crippen MR) is 137 cm³/mol. The van der Waals surface area contributed by atoms with Gasteiger partial charge in [-0.2, -0.15) is 10.4 Å². The molecule has 0 aromatic heterocycles. The van der Waals surface area contributed by atoms with E-state index in [1.54, 1.807) is 30.2 Å². The van der Waals surface area contributed by atoms with Crippen molar-refractivity contribution in [3.63, 3.8) is 0 Å². The molecule has 0 saturated carbocycles. The molecule has 33 heavy (non-hydrogen) atoms. The van der Waals surface area contributed by atoms with E-state index in [0.29, 0.717) is 34.4 Å². The number of hydrazone groups is 1. The molecule has 1 aromatic rings. The quantitative estimate of drug-likeness (QED) is 0.293. The van der Waals surface area contributed by atoms with Gasteiger partial charge >= 0.3 is 0 Å². The Balaban J connectivity index is 2.20. The van der Waals surface area contributed by atoms with Crippen molar-refractivity contribution >= 4 is 28.8 Å². The minimum absolute atomic E-state index is 0.0574. The number of ketones is 1. The zero-order chi connectivity index (χ0) is 24.4. The summed E-state index contributed by atoms with van der Waals surface area (Å²) in [5.74, 6) is 0.386. The molecular weight excluding hydrogens is 434 g/mol. The summed E-state index contributed by atoms with van der Waals surface area (Å²) in [6.07, 6.45) is 8.22. The first kappa shape index (κ1) is 25.7. The summed E-state index contributed by atoms with van der Waals surface area (Å²) in [6.45, 7) is 12.2. The molecule has 1 aliphatic rings. The molecule has 7 heteroatoms. The Morgan fingerprint density at radius 2 is 2.12 bits per heavy atom. The largest absolute Gasteiger partial charge is 0.379 e. The first-order valence-electron chi connectivity index (χ1n) is 10.7. The van der Waals surface area contributed by atoms with Gasteiger partial charge in [0.25, 0.3) is 0 Å². The topological polar surface area (TPSA) is 80.5 Å². The van der Waals surface area contributed by atoms with E-state index in [1.165, 1.54) is 5.57 Å². The SMILES string of the molecule is C=C1NC(CNc2cccc(Cl)c2)=CC(=O)CN1/N=C(C)/C(/C=C(\C)C#N)=C/C=C(\C)CC. The fraction of sp³-hybridized carbons (Fsp3) is 0.269. The van der Waals surface area contributed by atoms with E-state index in [-0.39, 0.29) is 12.3 Å². The first-order valence-corrected chi connectivity index (χ1v) is 11.1. The highest BCUT2D eigenvalue weighted by Gasteiger charge is 2.18. The summed E-state index contributed by atoms with van der Waals surface area (Å²) < 4.78 is 0. The molecule has 1 aromatic carbocycles. The second kappa shape index (κ2) is 12.5. The van der Waals surface area contributed by atoms with Crippen LogP contribution in [0, 0.1) is 11.3 Å². The molecular formula is C26H30ClN5O. The molecule has 1 heterocycles. The maximum absolute atomic E-state index is 12.5. The third-order valence-corrected chi connectivity index (χ3v) is 5.14. The number of anilines is 1. The van der Waals surface area contributed by atoms with Crippen LogP contribution in [0.1, 0.15) is 34.1 Å². The van der Waals surface area contributed by atoms with Crippen LogP contribution in [0.3, 0.4) is 0 Å². The molecule has 1 aliphatic heterocycles. The standard InChI is InChI=1S/C26H30ClN5O/c1-6-18(2)10-11-22(12-19(3)15-28)20(4)31-32-17-26(33)14-25(30-21(32)5)16-29-24-9-7-8-23(27)13-24/h7-14,29-30H,5-6,16-17H2,1-4H3/b18-10+,19-12+,22-11+,31-20+. The third-order valence-electron chi connectivity index (χ3n) is 4.91. The summed E-state index contributed by atoms with van der Waals surface area (Å²) in [4.78, 5) is 12.5. The predicted octanol–water partition coefficient (Wildman–Crippen LogP) is 5.71. The van der Waals surface area contributed by atoms with Crippen LogP contribution in [0.2, 0.25) is 5.02 Å². The number of hydrogen-bond donors (Lipinski definition) is 2. The Labute approximate surface area is 201 Å². The van der Waals surface area contributed by atoms with Crippen LogP contribution in [0.25, 0.3) is 0 Å². The maximum atomic E-state index is 12.5. The van der Waals surface area contributed by atoms with E-state index in [4.69, 9.17) is 11.6 Å². The van der Waals surface area contributed by atoms with Gasteiger partial charge in [-0.15, -0.1) is 0 Å². The number of hydrogen-bond acceptors (Lipinski definition) is 6. The molecule has 0 spiro atoms. The lowest BCUT2D eigenvalue weighted by Gasteiger charge is -2.21. The Kier molecular flexibility index (Phi) is 9.71. The first-order chi connectivity index (χ1) is 15.7. The molecule has 0 radical (unpaired) electrons. The van der Waals surface area contributed by atoms with Crippen molar-refractivity contribution in [2.24, 2.45) is 5.10 Å². The zero-order valence-corrected chi connectivity index (χ0v) is 20.3. The summed E-state index contributed by atoms with van der Waals surface area (Å²) >= 11 is 6.03. The van der Waals surface area contributed by atoms with Crippen LogP contribution in [0.4, 0.5) is 5.69 Å². The minimum Gasteiger partial charge on any atom is -0.379 e. The van der Waals surface area contributed by atoms with Crippen LogP contribution < -0.4 is 10.6 Å². The summed E-state index contributed by atoms with van der Waals surface area (Å²) in [6, 6.07) is 9.51. The fourth-order valence-electron chi connectivity index (χ4n) is 2.88. The molecule has 0 saturated heterocycles. The Morgan fingerprint density at radius 1 is 1.36 bits per heavy atom. The summed E-state index contributed by atoms with van der Waals surface area (Å²) in [5, 5.41) is 22.4. The smallest absolute Gasteiger partial charge is 0.178 e. The summed E-state index contributed by atoms with van der Waals surface area (Å²) in [7, 11) is 0. The average molecular weight is 464 g/mol. The molecule has 0 atom stereocenters. The number of nitrogens with zero attached hydrogens (tertiary/aromatic N) is 3. The number of rotatable bonds is 8. The highest BCUT2D eigenvalue weighted by atomic mass is 35.5. The monoisotopic (exact) mass is 463 g/mol. The number of carbonyl (C=O) groups excluding carboxylic acids is 1. The van der Waals surface area contributed by atoms with E-state index in [2.05, 4.69) is 35.3 Å². The lowest BCUT2D eigenvalue weighted by atomic mass is 10.1. The van der Waals surface area contributed by atoms with Crippen molar-refractivity contribution < 1.29 is 4.79 Å². The summed E-state index contributed by atoms with van der Waals surface area (Å²) in [5.41, 5.74) is 4.77. The van der Waals surface area contributed by atoms with Gasteiger partial charge in [-0.1, -0.05) is 48.9 Å². The Hall–Kier alpha value is -3.56. The normalized spacial score (nSPS) is 16.1. The van der Waals surface area contributed by atoms with E-state index >= 15 is 0 Å². The Bertz CT molecular complexity index is 1100. The molecule has 0 aliphatic carbocycles. The van der Waals surface area contributed by atoms with Gasteiger partial charge < -0.3 is 10.6 Å². The molecule has 2 N–H and O–H groups in total. The second-order valence-electron chi connectivity index (χ2n) is 7.74. The van der Waals surface area contributed by atoms with Crippen LogP contribution in [-0.2, 0) is 4.79 Å². The van der Waals surface area contributed by atoms with Crippen molar-refractivity contribution in [2.75, 3.05) is 18.4 Å². The molecule has 0 amide bonds. The molecule has 0 unspecified atom stereocenters. The van der Waals surface area contributed by atoms with E-state index < -0.39 is 0 Å². The van der Waals surface area contributed by atoms with Gasteiger partial charge in [0.05, 0.1) is 18.3 Å². The number of halogens is 1. The minimum atomic E-state index is -0.100. The van der Waals surface area contributed by atoms with E-state index in [9.17, 15) is 10.1 Å². The van der Waals surface area contributed by atoms with Crippen molar-refractivity contribution in [1.29, 1.82) is 5.26 Å². The fourth-order valence-corrected chi connectivity index (χ4v) is 3.07. The Morgan fingerprint density at radius 3 is 2.79 bits per heavy atom. The number of allylic oxidation sites excluding steroid dienone is 6. The number of nitriles is 1. The van der Waals surface area contributed by atoms with Crippen molar-refractivity contribution in [3.05, 3.63) is 88.4 Å². The third kappa shape index (κ3) is 8.47. The van der Waals surface area contributed by atoms with Gasteiger partial charge in [-0.05, 0) is 57.0 Å². The molecule has 2 rings (SSSR count). The van der Waals surface area contributed by atoms with Gasteiger partial charge in [-0.3, -0.25) is 4.79 Å². The highest BCUT2D eigenvalue weighted by Crippen LogP contribution is 2.17. The molecule has 0 fully saturated rings.